The first-order chi connectivity index (χ1) is 14.8. The molecule has 170 valence electrons. The molecule has 0 aliphatic rings. The van der Waals surface area contributed by atoms with Gasteiger partial charge in [0.1, 0.15) is 4.83 Å². The molecule has 11 nitrogen and oxygen atoms in total. The van der Waals surface area contributed by atoms with Gasteiger partial charge < -0.3 is 14.6 Å². The maximum atomic E-state index is 12.9. The van der Waals surface area contributed by atoms with Crippen LogP contribution >= 0.6 is 11.3 Å². The normalized spacial score (nSPS) is 11.2. The van der Waals surface area contributed by atoms with E-state index in [9.17, 15) is 19.2 Å². The van der Waals surface area contributed by atoms with Crippen molar-refractivity contribution in [2.45, 2.75) is 40.4 Å². The number of methoxy groups -OCH3 is 1. The molecule has 31 heavy (non-hydrogen) atoms. The van der Waals surface area contributed by atoms with Crippen LogP contribution in [0.15, 0.2) is 21.9 Å². The van der Waals surface area contributed by atoms with Gasteiger partial charge in [0.15, 0.2) is 0 Å². The first-order valence-electron chi connectivity index (χ1n) is 9.60. The SMILES string of the molecule is CCOC=CC(=O)N(Cc1sc2c(c1C)c(=O)n(CC)c(=O)n2CCOC)NC(=O)O. The summed E-state index contributed by atoms with van der Waals surface area (Å²) in [6.45, 7) is 6.12. The minimum absolute atomic E-state index is 0.128. The van der Waals surface area contributed by atoms with Gasteiger partial charge in [0, 0.05) is 24.6 Å². The number of hydrazine groups is 1. The lowest BCUT2D eigenvalue weighted by Gasteiger charge is -2.19. The number of thiophene rings is 1. The Morgan fingerprint density at radius 3 is 2.55 bits per heavy atom. The van der Waals surface area contributed by atoms with Gasteiger partial charge in [-0.1, -0.05) is 0 Å². The summed E-state index contributed by atoms with van der Waals surface area (Å²) in [4.78, 5) is 50.3. The zero-order chi connectivity index (χ0) is 23.1. The Morgan fingerprint density at radius 2 is 1.97 bits per heavy atom. The third kappa shape index (κ3) is 5.33. The van der Waals surface area contributed by atoms with Crippen molar-refractivity contribution in [1.82, 2.24) is 19.6 Å². The number of amides is 2. The molecule has 0 saturated carbocycles. The molecule has 2 heterocycles. The maximum absolute atomic E-state index is 12.9. The molecule has 0 fully saturated rings. The highest BCUT2D eigenvalue weighted by molar-refractivity contribution is 7.18. The van der Waals surface area contributed by atoms with E-state index in [1.54, 1.807) is 20.8 Å². The van der Waals surface area contributed by atoms with Crippen molar-refractivity contribution in [3.63, 3.8) is 0 Å². The lowest BCUT2D eigenvalue weighted by molar-refractivity contribution is -0.129. The van der Waals surface area contributed by atoms with Crippen molar-refractivity contribution in [3.8, 4) is 0 Å². The number of rotatable bonds is 9. The molecule has 0 atom stereocenters. The van der Waals surface area contributed by atoms with Crippen molar-refractivity contribution in [3.05, 3.63) is 43.6 Å². The fourth-order valence-corrected chi connectivity index (χ4v) is 4.28. The van der Waals surface area contributed by atoms with E-state index >= 15 is 0 Å². The van der Waals surface area contributed by atoms with Crippen LogP contribution in [0, 0.1) is 6.92 Å². The largest absolute Gasteiger partial charge is 0.501 e. The first kappa shape index (κ1) is 24.2. The summed E-state index contributed by atoms with van der Waals surface area (Å²) in [5, 5.41) is 10.4. The van der Waals surface area contributed by atoms with Gasteiger partial charge in [0.05, 0.1) is 38.0 Å². The molecule has 0 radical (unpaired) electrons. The van der Waals surface area contributed by atoms with E-state index in [-0.39, 0.29) is 26.2 Å². The summed E-state index contributed by atoms with van der Waals surface area (Å²) in [5.74, 6) is -0.643. The number of ether oxygens (including phenoxy) is 2. The summed E-state index contributed by atoms with van der Waals surface area (Å²) in [6.07, 6.45) is 0.863. The average molecular weight is 455 g/mol. The van der Waals surface area contributed by atoms with E-state index in [1.165, 1.54) is 17.9 Å². The molecule has 2 N–H and O–H groups in total. The smallest absolute Gasteiger partial charge is 0.423 e. The van der Waals surface area contributed by atoms with Crippen LogP contribution in [0.2, 0.25) is 0 Å². The summed E-state index contributed by atoms with van der Waals surface area (Å²) < 4.78 is 12.7. The molecule has 2 rings (SSSR count). The Balaban J connectivity index is 2.58. The second-order valence-corrected chi connectivity index (χ2v) is 7.49. The molecule has 12 heteroatoms. The summed E-state index contributed by atoms with van der Waals surface area (Å²) in [5.41, 5.74) is 1.77. The average Bonchev–Trinajstić information content (AvgIpc) is 3.03. The third-order valence-corrected chi connectivity index (χ3v) is 5.80. The van der Waals surface area contributed by atoms with E-state index in [0.717, 1.165) is 27.0 Å². The zero-order valence-corrected chi connectivity index (χ0v) is 18.7. The Morgan fingerprint density at radius 1 is 1.26 bits per heavy atom. The Labute approximate surface area is 182 Å². The molecule has 0 saturated heterocycles. The van der Waals surface area contributed by atoms with Crippen LogP contribution in [-0.4, -0.2) is 51.6 Å². The molecular weight excluding hydrogens is 428 g/mol. The number of aryl methyl sites for hydroxylation is 1. The monoisotopic (exact) mass is 454 g/mol. The van der Waals surface area contributed by atoms with Gasteiger partial charge in [-0.3, -0.25) is 18.7 Å². The number of carbonyl (C=O) groups excluding carboxylic acids is 1. The second kappa shape index (κ2) is 10.8. The number of hydrogen-bond acceptors (Lipinski definition) is 7. The maximum Gasteiger partial charge on any atom is 0.423 e. The highest BCUT2D eigenvalue weighted by Crippen LogP contribution is 2.29. The summed E-state index contributed by atoms with van der Waals surface area (Å²) in [7, 11) is 1.51. The topological polar surface area (TPSA) is 132 Å². The fraction of sp³-hybridized carbons (Fsp3) is 0.474. The van der Waals surface area contributed by atoms with Crippen molar-refractivity contribution in [1.29, 1.82) is 0 Å². The minimum Gasteiger partial charge on any atom is -0.501 e. The van der Waals surface area contributed by atoms with Crippen LogP contribution < -0.4 is 16.7 Å². The fourth-order valence-electron chi connectivity index (χ4n) is 2.97. The Bertz CT molecular complexity index is 1100. The molecule has 0 unspecified atom stereocenters. The highest BCUT2D eigenvalue weighted by Gasteiger charge is 2.22. The standard InChI is InChI=1S/C19H26N4O7S/c1-5-21-16(25)15-12(3)13(31-17(15)22(19(21)28)8-10-29-4)11-23(20-18(26)27)14(24)7-9-30-6-2/h7,9,20H,5-6,8,10-11H2,1-4H3,(H,26,27). The Kier molecular flexibility index (Phi) is 8.39. The van der Waals surface area contributed by atoms with Crippen LogP contribution in [0.3, 0.4) is 0 Å². The van der Waals surface area contributed by atoms with Crippen molar-refractivity contribution < 1.29 is 24.2 Å². The van der Waals surface area contributed by atoms with Gasteiger partial charge in [-0.05, 0) is 26.3 Å². The van der Waals surface area contributed by atoms with E-state index in [4.69, 9.17) is 14.6 Å². The van der Waals surface area contributed by atoms with Crippen LogP contribution in [0.5, 0.6) is 0 Å². The number of nitrogens with zero attached hydrogens (tertiary/aromatic N) is 3. The van der Waals surface area contributed by atoms with Crippen LogP contribution in [0.1, 0.15) is 24.3 Å². The molecule has 0 aliphatic heterocycles. The molecule has 2 aromatic rings. The third-order valence-electron chi connectivity index (χ3n) is 4.50. The lowest BCUT2D eigenvalue weighted by Crippen LogP contribution is -2.44. The van der Waals surface area contributed by atoms with E-state index in [2.05, 4.69) is 5.43 Å². The van der Waals surface area contributed by atoms with Gasteiger partial charge in [-0.15, -0.1) is 11.3 Å². The van der Waals surface area contributed by atoms with Gasteiger partial charge in [0.2, 0.25) is 0 Å². The van der Waals surface area contributed by atoms with Gasteiger partial charge in [0.25, 0.3) is 11.5 Å². The number of hydrogen-bond donors (Lipinski definition) is 2. The molecular formula is C19H26N4O7S. The molecule has 0 aliphatic carbocycles. The van der Waals surface area contributed by atoms with E-state index < -0.39 is 23.2 Å². The highest BCUT2D eigenvalue weighted by atomic mass is 32.1. The van der Waals surface area contributed by atoms with Crippen LogP contribution in [0.25, 0.3) is 10.2 Å². The summed E-state index contributed by atoms with van der Waals surface area (Å²) >= 11 is 1.16. The van der Waals surface area contributed by atoms with Gasteiger partial charge in [-0.2, -0.15) is 0 Å². The zero-order valence-electron chi connectivity index (χ0n) is 17.8. The predicted molar refractivity (Wildman–Crippen MR) is 115 cm³/mol. The lowest BCUT2D eigenvalue weighted by atomic mass is 10.2. The molecule has 0 spiro atoms. The first-order valence-corrected chi connectivity index (χ1v) is 10.4. The van der Waals surface area contributed by atoms with Gasteiger partial charge in [-0.25, -0.2) is 20.0 Å². The minimum atomic E-state index is -1.41. The number of carboxylic acid groups (broad SMARTS) is 1. The molecule has 0 bridgehead atoms. The van der Waals surface area contributed by atoms with Gasteiger partial charge >= 0.3 is 11.8 Å². The predicted octanol–water partition coefficient (Wildman–Crippen LogP) is 1.26. The van der Waals surface area contributed by atoms with Crippen molar-refractivity contribution in [2.75, 3.05) is 20.3 Å². The van der Waals surface area contributed by atoms with E-state index in [1.807, 2.05) is 0 Å². The Hall–Kier alpha value is -3.12. The molecule has 2 aromatic heterocycles. The van der Waals surface area contributed by atoms with E-state index in [0.29, 0.717) is 27.3 Å². The summed E-state index contributed by atoms with van der Waals surface area (Å²) in [6, 6.07) is 0. The van der Waals surface area contributed by atoms with Crippen LogP contribution in [0.4, 0.5) is 4.79 Å². The molecule has 0 aromatic carbocycles. The second-order valence-electron chi connectivity index (χ2n) is 6.41. The number of carbonyl (C=O) groups is 2. The number of nitrogens with one attached hydrogen (secondary N) is 1. The number of fused-ring (bicyclic) bond motifs is 1. The number of aromatic nitrogens is 2. The van der Waals surface area contributed by atoms with Crippen molar-refractivity contribution >= 4 is 33.6 Å². The van der Waals surface area contributed by atoms with Crippen LogP contribution in [-0.2, 0) is 33.9 Å². The molecule has 2 amide bonds. The van der Waals surface area contributed by atoms with Crippen molar-refractivity contribution in [2.24, 2.45) is 0 Å². The quantitative estimate of drug-likeness (QED) is 0.331.